The highest BCUT2D eigenvalue weighted by Crippen LogP contribution is 2.41. The molecule has 3 heteroatoms. The topological polar surface area (TPSA) is 21.3 Å². The summed E-state index contributed by atoms with van der Waals surface area (Å²) in [6, 6.07) is 82.8. The largest absolute Gasteiger partial charge is 0.456 e. The number of fused-ring (bicyclic) bond motifs is 7. The predicted octanol–water partition coefficient (Wildman–Crippen LogP) is 16.3. The molecule has 10 aromatic carbocycles. The van der Waals surface area contributed by atoms with E-state index in [0.29, 0.717) is 0 Å². The van der Waals surface area contributed by atoms with Crippen molar-refractivity contribution in [3.05, 3.63) is 231 Å². The zero-order valence-corrected chi connectivity index (χ0v) is 33.2. The molecule has 286 valence electrons. The van der Waals surface area contributed by atoms with E-state index in [1.54, 1.807) is 0 Å². The number of rotatable bonds is 7. The lowest BCUT2D eigenvalue weighted by Crippen LogP contribution is -2.09. The fourth-order valence-corrected chi connectivity index (χ4v) is 9.31. The van der Waals surface area contributed by atoms with E-state index in [0.717, 1.165) is 44.6 Å². The third kappa shape index (κ3) is 5.90. The third-order valence-corrected chi connectivity index (χ3v) is 12.2. The van der Waals surface area contributed by atoms with Gasteiger partial charge in [-0.1, -0.05) is 164 Å². The van der Waals surface area contributed by atoms with Crippen molar-refractivity contribution in [3.63, 3.8) is 0 Å². The van der Waals surface area contributed by atoms with Gasteiger partial charge in [0.05, 0.1) is 16.7 Å². The monoisotopic (exact) mass is 778 g/mol. The van der Waals surface area contributed by atoms with E-state index in [1.165, 1.54) is 66.1 Å². The van der Waals surface area contributed by atoms with Crippen LogP contribution in [0.25, 0.3) is 93.6 Å². The molecule has 61 heavy (non-hydrogen) atoms. The number of aromatic nitrogens is 1. The Morgan fingerprint density at radius 1 is 0.311 bits per heavy atom. The Morgan fingerprint density at radius 3 is 1.51 bits per heavy atom. The summed E-state index contributed by atoms with van der Waals surface area (Å²) in [5.74, 6) is 0. The molecule has 0 radical (unpaired) electrons. The van der Waals surface area contributed by atoms with Crippen LogP contribution in [0.2, 0.25) is 0 Å². The second-order valence-corrected chi connectivity index (χ2v) is 15.7. The number of hydrogen-bond donors (Lipinski definition) is 0. The van der Waals surface area contributed by atoms with E-state index >= 15 is 0 Å². The van der Waals surface area contributed by atoms with E-state index in [2.05, 4.69) is 228 Å². The molecule has 0 unspecified atom stereocenters. The summed E-state index contributed by atoms with van der Waals surface area (Å²) in [6.45, 7) is 0. The maximum Gasteiger partial charge on any atom is 0.137 e. The second kappa shape index (κ2) is 14.3. The molecule has 0 N–H and O–H groups in total. The first-order chi connectivity index (χ1) is 30.2. The van der Waals surface area contributed by atoms with E-state index in [-0.39, 0.29) is 0 Å². The summed E-state index contributed by atoms with van der Waals surface area (Å²) in [5.41, 5.74) is 15.6. The Morgan fingerprint density at radius 2 is 0.787 bits per heavy atom. The number of para-hydroxylation sites is 4. The first-order valence-electron chi connectivity index (χ1n) is 20.8. The summed E-state index contributed by atoms with van der Waals surface area (Å²) in [5, 5.41) is 7.25. The van der Waals surface area contributed by atoms with Gasteiger partial charge in [0, 0.05) is 50.2 Å². The zero-order chi connectivity index (χ0) is 40.3. The van der Waals surface area contributed by atoms with Crippen molar-refractivity contribution in [1.29, 1.82) is 0 Å². The number of hydrogen-bond acceptors (Lipinski definition) is 2. The van der Waals surface area contributed by atoms with E-state index in [9.17, 15) is 0 Å². The van der Waals surface area contributed by atoms with Gasteiger partial charge in [-0.3, -0.25) is 0 Å². The Bertz CT molecular complexity index is 3520. The molecule has 0 aliphatic rings. The van der Waals surface area contributed by atoms with Crippen LogP contribution in [-0.2, 0) is 0 Å². The van der Waals surface area contributed by atoms with E-state index < -0.39 is 0 Å². The van der Waals surface area contributed by atoms with Crippen molar-refractivity contribution in [3.8, 4) is 39.1 Å². The standard InChI is InChI=1S/C58H38N2O/c1-2-14-47-41(12-1)13-11-19-48(47)42-30-34-45(35-31-42)59(46-36-37-53-52-18-6-10-23-57(52)61-58(53)38-46)44-32-28-40(29-33-44)39-24-26-43(27-25-39)49-15-3-7-20-54(49)60-55-21-8-4-16-50(55)51-17-5-9-22-56(51)60/h1-38H. The highest BCUT2D eigenvalue weighted by atomic mass is 16.3. The number of anilines is 3. The molecular formula is C58H38N2O. The summed E-state index contributed by atoms with van der Waals surface area (Å²) in [6.07, 6.45) is 0. The highest BCUT2D eigenvalue weighted by Gasteiger charge is 2.18. The lowest BCUT2D eigenvalue weighted by Gasteiger charge is -2.26. The summed E-state index contributed by atoms with van der Waals surface area (Å²) in [4.78, 5) is 2.32. The normalized spacial score (nSPS) is 11.6. The first kappa shape index (κ1) is 34.9. The van der Waals surface area contributed by atoms with Crippen LogP contribution >= 0.6 is 0 Å². The molecule has 0 fully saturated rings. The van der Waals surface area contributed by atoms with Gasteiger partial charge in [0.2, 0.25) is 0 Å². The average molecular weight is 779 g/mol. The van der Waals surface area contributed by atoms with Crippen molar-refractivity contribution in [2.75, 3.05) is 4.90 Å². The minimum absolute atomic E-state index is 0.868. The van der Waals surface area contributed by atoms with Crippen LogP contribution in [0.15, 0.2) is 235 Å². The molecule has 0 aliphatic carbocycles. The van der Waals surface area contributed by atoms with Crippen molar-refractivity contribution in [1.82, 2.24) is 4.57 Å². The predicted molar refractivity (Wildman–Crippen MR) is 257 cm³/mol. The quantitative estimate of drug-likeness (QED) is 0.161. The van der Waals surface area contributed by atoms with E-state index in [4.69, 9.17) is 4.42 Å². The van der Waals surface area contributed by atoms with E-state index in [1.807, 2.05) is 12.1 Å². The summed E-state index contributed by atoms with van der Waals surface area (Å²) in [7, 11) is 0. The van der Waals surface area contributed by atoms with Gasteiger partial charge in [0.15, 0.2) is 0 Å². The Kier molecular flexibility index (Phi) is 8.17. The average Bonchev–Trinajstić information content (AvgIpc) is 3.87. The molecule has 0 aliphatic heterocycles. The molecule has 12 rings (SSSR count). The fourth-order valence-electron chi connectivity index (χ4n) is 9.31. The van der Waals surface area contributed by atoms with Crippen LogP contribution in [0.1, 0.15) is 0 Å². The molecule has 0 spiro atoms. The van der Waals surface area contributed by atoms with Crippen LogP contribution < -0.4 is 4.90 Å². The molecule has 0 saturated heterocycles. The van der Waals surface area contributed by atoms with Gasteiger partial charge in [0.25, 0.3) is 0 Å². The number of furan rings is 1. The molecule has 2 aromatic heterocycles. The number of benzene rings is 10. The lowest BCUT2D eigenvalue weighted by atomic mass is 9.98. The molecular weight excluding hydrogens is 741 g/mol. The lowest BCUT2D eigenvalue weighted by molar-refractivity contribution is 0.669. The van der Waals surface area contributed by atoms with Gasteiger partial charge in [-0.05, 0) is 99.3 Å². The van der Waals surface area contributed by atoms with Crippen LogP contribution in [-0.4, -0.2) is 4.57 Å². The Labute approximate surface area is 353 Å². The summed E-state index contributed by atoms with van der Waals surface area (Å²) >= 11 is 0. The SMILES string of the molecule is c1ccc(-n2c3ccccc3c3ccccc32)c(-c2ccc(-c3ccc(N(c4ccc(-c5cccc6ccccc56)cc4)c4ccc5c(c4)oc4ccccc45)cc3)cc2)c1. The van der Waals surface area contributed by atoms with Gasteiger partial charge in [-0.25, -0.2) is 0 Å². The van der Waals surface area contributed by atoms with Gasteiger partial charge in [0.1, 0.15) is 11.2 Å². The van der Waals surface area contributed by atoms with Crippen molar-refractivity contribution < 1.29 is 4.42 Å². The molecule has 0 saturated carbocycles. The summed E-state index contributed by atoms with van der Waals surface area (Å²) < 4.78 is 8.79. The molecule has 2 heterocycles. The number of nitrogens with zero attached hydrogens (tertiary/aromatic N) is 2. The second-order valence-electron chi connectivity index (χ2n) is 15.7. The van der Waals surface area contributed by atoms with Gasteiger partial charge in [-0.15, -0.1) is 0 Å². The van der Waals surface area contributed by atoms with Crippen molar-refractivity contribution in [2.45, 2.75) is 0 Å². The molecule has 12 aromatic rings. The Hall–Kier alpha value is -8.14. The molecule has 3 nitrogen and oxygen atoms in total. The fraction of sp³-hybridized carbons (Fsp3) is 0. The third-order valence-electron chi connectivity index (χ3n) is 12.2. The molecule has 0 atom stereocenters. The first-order valence-corrected chi connectivity index (χ1v) is 20.8. The highest BCUT2D eigenvalue weighted by molar-refractivity contribution is 6.10. The molecule has 0 amide bonds. The van der Waals surface area contributed by atoms with Crippen LogP contribution in [0.5, 0.6) is 0 Å². The van der Waals surface area contributed by atoms with Gasteiger partial charge in [-0.2, -0.15) is 0 Å². The maximum atomic E-state index is 6.39. The van der Waals surface area contributed by atoms with Gasteiger partial charge < -0.3 is 13.9 Å². The van der Waals surface area contributed by atoms with Crippen molar-refractivity contribution in [2.24, 2.45) is 0 Å². The minimum atomic E-state index is 0.868. The van der Waals surface area contributed by atoms with Crippen LogP contribution in [0.3, 0.4) is 0 Å². The zero-order valence-electron chi connectivity index (χ0n) is 33.2. The Balaban J connectivity index is 0.905. The van der Waals surface area contributed by atoms with Gasteiger partial charge >= 0.3 is 0 Å². The van der Waals surface area contributed by atoms with Crippen molar-refractivity contribution >= 4 is 71.6 Å². The molecule has 0 bridgehead atoms. The van der Waals surface area contributed by atoms with Crippen LogP contribution in [0.4, 0.5) is 17.1 Å². The maximum absolute atomic E-state index is 6.39. The smallest absolute Gasteiger partial charge is 0.137 e. The minimum Gasteiger partial charge on any atom is -0.456 e. The van der Waals surface area contributed by atoms with Crippen LogP contribution in [0, 0.1) is 0 Å².